The van der Waals surface area contributed by atoms with E-state index in [9.17, 15) is 0 Å². The molecule has 0 N–H and O–H groups in total. The van der Waals surface area contributed by atoms with Crippen molar-refractivity contribution in [3.8, 4) is 11.1 Å². The normalized spacial score (nSPS) is 16.0. The molecule has 2 heterocycles. The second-order valence-corrected chi connectivity index (χ2v) is 12.8. The number of hydrogen-bond acceptors (Lipinski definition) is 4. The standard InChI is InChI=1S/C36H32BNO2S/c1-35(2)36(3,4)40-37(39-35)27-19-23-29(24-20-27)38(28-21-17-26(18-22-28)25-11-6-5-7-12-25)31-14-10-16-33-34(31)30-13-8-9-15-32(30)41-33/h5-24H,1-4H3. The van der Waals surface area contributed by atoms with Gasteiger partial charge in [0.25, 0.3) is 0 Å². The molecule has 3 nitrogen and oxygen atoms in total. The van der Waals surface area contributed by atoms with Crippen molar-refractivity contribution < 1.29 is 9.31 Å². The lowest BCUT2D eigenvalue weighted by Crippen LogP contribution is -2.41. The van der Waals surface area contributed by atoms with Crippen molar-refractivity contribution in [2.24, 2.45) is 0 Å². The van der Waals surface area contributed by atoms with Gasteiger partial charge in [-0.15, -0.1) is 11.3 Å². The molecule has 0 bridgehead atoms. The molecule has 1 aromatic heterocycles. The first-order valence-corrected chi connectivity index (χ1v) is 14.9. The van der Waals surface area contributed by atoms with Gasteiger partial charge in [-0.25, -0.2) is 0 Å². The van der Waals surface area contributed by atoms with E-state index in [1.165, 1.54) is 31.3 Å². The van der Waals surface area contributed by atoms with Gasteiger partial charge in [-0.3, -0.25) is 0 Å². The highest BCUT2D eigenvalue weighted by molar-refractivity contribution is 7.26. The maximum atomic E-state index is 6.34. The minimum Gasteiger partial charge on any atom is -0.399 e. The van der Waals surface area contributed by atoms with Crippen LogP contribution < -0.4 is 10.4 Å². The maximum absolute atomic E-state index is 6.34. The van der Waals surface area contributed by atoms with Gasteiger partial charge in [0.05, 0.1) is 16.9 Å². The van der Waals surface area contributed by atoms with Crippen LogP contribution in [-0.4, -0.2) is 18.3 Å². The quantitative estimate of drug-likeness (QED) is 0.199. The van der Waals surface area contributed by atoms with E-state index in [0.717, 1.165) is 22.5 Å². The van der Waals surface area contributed by atoms with E-state index >= 15 is 0 Å². The summed E-state index contributed by atoms with van der Waals surface area (Å²) in [6.45, 7) is 8.37. The van der Waals surface area contributed by atoms with Gasteiger partial charge in [0.15, 0.2) is 0 Å². The summed E-state index contributed by atoms with van der Waals surface area (Å²) in [6.07, 6.45) is 0. The molecule has 1 fully saturated rings. The number of thiophene rings is 1. The summed E-state index contributed by atoms with van der Waals surface area (Å²) >= 11 is 1.84. The number of hydrogen-bond donors (Lipinski definition) is 0. The Morgan fingerprint density at radius 1 is 0.561 bits per heavy atom. The minimum absolute atomic E-state index is 0.376. The zero-order chi connectivity index (χ0) is 28.2. The van der Waals surface area contributed by atoms with Crippen molar-refractivity contribution in [3.63, 3.8) is 0 Å². The molecule has 0 amide bonds. The molecule has 7 rings (SSSR count). The highest BCUT2D eigenvalue weighted by atomic mass is 32.1. The smallest absolute Gasteiger partial charge is 0.399 e. The largest absolute Gasteiger partial charge is 0.494 e. The van der Waals surface area contributed by atoms with E-state index < -0.39 is 7.12 Å². The fraction of sp³-hybridized carbons (Fsp3) is 0.167. The summed E-state index contributed by atoms with van der Waals surface area (Å²) < 4.78 is 15.2. The topological polar surface area (TPSA) is 21.7 Å². The second-order valence-electron chi connectivity index (χ2n) is 11.7. The van der Waals surface area contributed by atoms with E-state index in [0.29, 0.717) is 0 Å². The van der Waals surface area contributed by atoms with Crippen molar-refractivity contribution in [3.05, 3.63) is 121 Å². The second kappa shape index (κ2) is 9.88. The Morgan fingerprint density at radius 3 is 1.80 bits per heavy atom. The molecule has 1 aliphatic rings. The molecule has 0 atom stereocenters. The Balaban J connectivity index is 1.35. The molecule has 41 heavy (non-hydrogen) atoms. The minimum atomic E-state index is -0.392. The monoisotopic (exact) mass is 553 g/mol. The Kier molecular flexibility index (Phi) is 6.27. The van der Waals surface area contributed by atoms with E-state index in [4.69, 9.17) is 9.31 Å². The molecule has 0 aliphatic carbocycles. The number of fused-ring (bicyclic) bond motifs is 3. The molecular formula is C36H32BNO2S. The summed E-state index contributed by atoms with van der Waals surface area (Å²) in [5, 5.41) is 2.55. The zero-order valence-electron chi connectivity index (χ0n) is 23.8. The SMILES string of the molecule is CC1(C)OB(c2ccc(N(c3ccc(-c4ccccc4)cc3)c3cccc4sc5ccccc5c34)cc2)OC1(C)C. The van der Waals surface area contributed by atoms with Crippen molar-refractivity contribution in [2.45, 2.75) is 38.9 Å². The molecule has 0 spiro atoms. The number of benzene rings is 5. The molecule has 0 radical (unpaired) electrons. The van der Waals surface area contributed by atoms with Crippen molar-refractivity contribution in [1.29, 1.82) is 0 Å². The predicted octanol–water partition coefficient (Wildman–Crippen LogP) is 9.49. The highest BCUT2D eigenvalue weighted by Crippen LogP contribution is 2.45. The van der Waals surface area contributed by atoms with E-state index in [2.05, 4.69) is 154 Å². The Morgan fingerprint density at radius 2 is 1.12 bits per heavy atom. The third-order valence-electron chi connectivity index (χ3n) is 8.53. The fourth-order valence-corrected chi connectivity index (χ4v) is 6.69. The van der Waals surface area contributed by atoms with Gasteiger partial charge in [0.1, 0.15) is 0 Å². The summed E-state index contributed by atoms with van der Waals surface area (Å²) in [4.78, 5) is 2.37. The number of anilines is 3. The highest BCUT2D eigenvalue weighted by Gasteiger charge is 2.51. The third-order valence-corrected chi connectivity index (χ3v) is 9.67. The first-order valence-electron chi connectivity index (χ1n) is 14.1. The van der Waals surface area contributed by atoms with Crippen LogP contribution in [0.5, 0.6) is 0 Å². The number of nitrogens with zero attached hydrogens (tertiary/aromatic N) is 1. The Hall–Kier alpha value is -3.90. The molecule has 202 valence electrons. The fourth-order valence-electron chi connectivity index (χ4n) is 5.56. The van der Waals surface area contributed by atoms with Crippen LogP contribution >= 0.6 is 11.3 Å². The van der Waals surface area contributed by atoms with Crippen molar-refractivity contribution in [1.82, 2.24) is 0 Å². The summed E-state index contributed by atoms with van der Waals surface area (Å²) in [6, 6.07) is 43.3. The van der Waals surface area contributed by atoms with Gasteiger partial charge in [0.2, 0.25) is 0 Å². The molecule has 1 saturated heterocycles. The van der Waals surface area contributed by atoms with Crippen LogP contribution in [0.2, 0.25) is 0 Å². The van der Waals surface area contributed by atoms with Crippen molar-refractivity contribution >= 4 is 61.2 Å². The molecular weight excluding hydrogens is 521 g/mol. The Labute approximate surface area is 246 Å². The van der Waals surface area contributed by atoms with Crippen molar-refractivity contribution in [2.75, 3.05) is 4.90 Å². The van der Waals surface area contributed by atoms with Gasteiger partial charge in [0, 0.05) is 31.5 Å². The summed E-state index contributed by atoms with van der Waals surface area (Å²) in [5.74, 6) is 0. The molecule has 5 heteroatoms. The summed E-state index contributed by atoms with van der Waals surface area (Å²) in [5.41, 5.74) is 6.03. The van der Waals surface area contributed by atoms with E-state index in [1.807, 2.05) is 11.3 Å². The third kappa shape index (κ3) is 4.55. The molecule has 6 aromatic rings. The van der Waals surface area contributed by atoms with Crippen LogP contribution in [-0.2, 0) is 9.31 Å². The van der Waals surface area contributed by atoms with Crippen LogP contribution in [0.3, 0.4) is 0 Å². The molecule has 0 unspecified atom stereocenters. The lowest BCUT2D eigenvalue weighted by atomic mass is 9.79. The molecule has 1 aliphatic heterocycles. The van der Waals surface area contributed by atoms with Crippen LogP contribution in [0.1, 0.15) is 27.7 Å². The van der Waals surface area contributed by atoms with Crippen LogP contribution in [0.25, 0.3) is 31.3 Å². The molecule has 0 saturated carbocycles. The van der Waals surface area contributed by atoms with Gasteiger partial charge in [-0.1, -0.05) is 78.9 Å². The molecule has 5 aromatic carbocycles. The van der Waals surface area contributed by atoms with Gasteiger partial charge >= 0.3 is 7.12 Å². The van der Waals surface area contributed by atoms with Crippen LogP contribution in [0.15, 0.2) is 121 Å². The average Bonchev–Trinajstić information content (AvgIpc) is 3.47. The lowest BCUT2D eigenvalue weighted by molar-refractivity contribution is 0.00578. The van der Waals surface area contributed by atoms with Gasteiger partial charge in [-0.05, 0) is 86.7 Å². The van der Waals surface area contributed by atoms with E-state index in [-0.39, 0.29) is 11.2 Å². The predicted molar refractivity (Wildman–Crippen MR) is 175 cm³/mol. The van der Waals surface area contributed by atoms with Crippen LogP contribution in [0.4, 0.5) is 17.1 Å². The Bertz CT molecular complexity index is 1830. The van der Waals surface area contributed by atoms with E-state index in [1.54, 1.807) is 0 Å². The zero-order valence-corrected chi connectivity index (χ0v) is 24.6. The lowest BCUT2D eigenvalue weighted by Gasteiger charge is -2.32. The average molecular weight is 554 g/mol. The number of rotatable bonds is 5. The first kappa shape index (κ1) is 26.0. The maximum Gasteiger partial charge on any atom is 0.494 e. The van der Waals surface area contributed by atoms with Gasteiger partial charge < -0.3 is 14.2 Å². The first-order chi connectivity index (χ1) is 19.8. The van der Waals surface area contributed by atoms with Gasteiger partial charge in [-0.2, -0.15) is 0 Å². The summed E-state index contributed by atoms with van der Waals surface area (Å²) in [7, 11) is -0.392. The van der Waals surface area contributed by atoms with Crippen LogP contribution in [0, 0.1) is 0 Å².